The van der Waals surface area contributed by atoms with E-state index in [-0.39, 0.29) is 13.4 Å². The van der Waals surface area contributed by atoms with Crippen molar-refractivity contribution in [2.24, 2.45) is 5.73 Å². The summed E-state index contributed by atoms with van der Waals surface area (Å²) in [5.74, 6) is 3.13. The molecule has 7 nitrogen and oxygen atoms in total. The number of rotatable bonds is 6. The average molecular weight is 291 g/mol. The van der Waals surface area contributed by atoms with Crippen LogP contribution in [-0.2, 0) is 19.4 Å². The SMILES string of the molecule is CCc1nnc(COc2cc3c(cc2CCN)OCO3)o1. The largest absolute Gasteiger partial charge is 0.483 e. The molecule has 0 bridgehead atoms. The van der Waals surface area contributed by atoms with E-state index in [1.54, 1.807) is 0 Å². The molecule has 0 unspecified atom stereocenters. The van der Waals surface area contributed by atoms with Crippen LogP contribution in [0.2, 0.25) is 0 Å². The van der Waals surface area contributed by atoms with Gasteiger partial charge >= 0.3 is 0 Å². The molecule has 7 heteroatoms. The van der Waals surface area contributed by atoms with E-state index in [0.29, 0.717) is 42.7 Å². The summed E-state index contributed by atoms with van der Waals surface area (Å²) in [6, 6.07) is 3.71. The minimum absolute atomic E-state index is 0.213. The van der Waals surface area contributed by atoms with Crippen molar-refractivity contribution in [2.45, 2.75) is 26.4 Å². The highest BCUT2D eigenvalue weighted by molar-refractivity contribution is 5.52. The van der Waals surface area contributed by atoms with Gasteiger partial charge in [0.1, 0.15) is 5.75 Å². The summed E-state index contributed by atoms with van der Waals surface area (Å²) < 4.78 is 21.9. The summed E-state index contributed by atoms with van der Waals surface area (Å²) in [6.07, 6.45) is 1.39. The van der Waals surface area contributed by atoms with Crippen molar-refractivity contribution in [3.63, 3.8) is 0 Å². The summed E-state index contributed by atoms with van der Waals surface area (Å²) in [5.41, 5.74) is 6.60. The van der Waals surface area contributed by atoms with Crippen molar-refractivity contribution in [1.82, 2.24) is 10.2 Å². The molecule has 2 heterocycles. The molecule has 0 atom stereocenters. The third-order valence-corrected chi connectivity index (χ3v) is 3.13. The van der Waals surface area contributed by atoms with Gasteiger partial charge in [0.05, 0.1) is 0 Å². The lowest BCUT2D eigenvalue weighted by molar-refractivity contribution is 0.173. The normalized spacial score (nSPS) is 12.7. The number of benzene rings is 1. The van der Waals surface area contributed by atoms with Gasteiger partial charge in [0.25, 0.3) is 5.89 Å². The van der Waals surface area contributed by atoms with Gasteiger partial charge in [0.15, 0.2) is 18.1 Å². The molecule has 2 aromatic rings. The van der Waals surface area contributed by atoms with Crippen molar-refractivity contribution in [3.8, 4) is 17.2 Å². The van der Waals surface area contributed by atoms with E-state index in [1.807, 2.05) is 19.1 Å². The number of ether oxygens (including phenoxy) is 3. The number of nitrogens with zero attached hydrogens (tertiary/aromatic N) is 2. The summed E-state index contributed by atoms with van der Waals surface area (Å²) in [7, 11) is 0. The number of nitrogens with two attached hydrogens (primary N) is 1. The van der Waals surface area contributed by atoms with E-state index in [0.717, 1.165) is 11.3 Å². The molecule has 0 radical (unpaired) electrons. The smallest absolute Gasteiger partial charge is 0.253 e. The van der Waals surface area contributed by atoms with Crippen LogP contribution in [0.25, 0.3) is 0 Å². The fraction of sp³-hybridized carbons (Fsp3) is 0.429. The highest BCUT2D eigenvalue weighted by Gasteiger charge is 2.18. The van der Waals surface area contributed by atoms with E-state index < -0.39 is 0 Å². The number of aromatic nitrogens is 2. The van der Waals surface area contributed by atoms with Crippen molar-refractivity contribution >= 4 is 0 Å². The van der Waals surface area contributed by atoms with Crippen LogP contribution in [0.5, 0.6) is 17.2 Å². The molecule has 0 amide bonds. The summed E-state index contributed by atoms with van der Waals surface area (Å²) in [4.78, 5) is 0. The van der Waals surface area contributed by atoms with Gasteiger partial charge < -0.3 is 24.4 Å². The summed E-state index contributed by atoms with van der Waals surface area (Å²) in [5, 5.41) is 7.83. The van der Waals surface area contributed by atoms with Crippen molar-refractivity contribution < 1.29 is 18.6 Å². The lowest BCUT2D eigenvalue weighted by atomic mass is 10.1. The Morgan fingerprint density at radius 2 is 1.95 bits per heavy atom. The fourth-order valence-electron chi connectivity index (χ4n) is 2.08. The van der Waals surface area contributed by atoms with Gasteiger partial charge in [-0.1, -0.05) is 6.92 Å². The van der Waals surface area contributed by atoms with E-state index >= 15 is 0 Å². The minimum Gasteiger partial charge on any atom is -0.483 e. The molecule has 2 N–H and O–H groups in total. The molecule has 1 aliphatic heterocycles. The zero-order chi connectivity index (χ0) is 14.7. The van der Waals surface area contributed by atoms with Crippen LogP contribution in [0.15, 0.2) is 16.5 Å². The summed E-state index contributed by atoms with van der Waals surface area (Å²) >= 11 is 0. The van der Waals surface area contributed by atoms with Crippen LogP contribution in [0, 0.1) is 0 Å². The Kier molecular flexibility index (Phi) is 3.92. The number of fused-ring (bicyclic) bond motifs is 1. The molecular weight excluding hydrogens is 274 g/mol. The lowest BCUT2D eigenvalue weighted by Crippen LogP contribution is -2.05. The third-order valence-electron chi connectivity index (χ3n) is 3.13. The first kappa shape index (κ1) is 13.7. The first-order valence-electron chi connectivity index (χ1n) is 6.86. The molecule has 3 rings (SSSR count). The Balaban J connectivity index is 1.77. The van der Waals surface area contributed by atoms with Gasteiger partial charge in [-0.3, -0.25) is 0 Å². The second-order valence-electron chi connectivity index (χ2n) is 4.58. The van der Waals surface area contributed by atoms with Crippen LogP contribution in [0.1, 0.15) is 24.3 Å². The first-order valence-corrected chi connectivity index (χ1v) is 6.86. The number of hydrogen-bond acceptors (Lipinski definition) is 7. The second-order valence-corrected chi connectivity index (χ2v) is 4.58. The lowest BCUT2D eigenvalue weighted by Gasteiger charge is -2.10. The molecule has 0 saturated heterocycles. The quantitative estimate of drug-likeness (QED) is 0.860. The Morgan fingerprint density at radius 1 is 1.19 bits per heavy atom. The minimum atomic E-state index is 0.213. The maximum atomic E-state index is 5.77. The molecule has 21 heavy (non-hydrogen) atoms. The highest BCUT2D eigenvalue weighted by Crippen LogP contribution is 2.38. The maximum Gasteiger partial charge on any atom is 0.253 e. The molecule has 1 aromatic carbocycles. The van der Waals surface area contributed by atoms with Gasteiger partial charge in [-0.15, -0.1) is 10.2 Å². The number of hydrogen-bond donors (Lipinski definition) is 1. The fourth-order valence-corrected chi connectivity index (χ4v) is 2.08. The molecule has 0 fully saturated rings. The van der Waals surface area contributed by atoms with Gasteiger partial charge in [0.2, 0.25) is 12.7 Å². The zero-order valence-corrected chi connectivity index (χ0v) is 11.8. The van der Waals surface area contributed by atoms with E-state index in [2.05, 4.69) is 10.2 Å². The zero-order valence-electron chi connectivity index (χ0n) is 11.8. The number of aryl methyl sites for hydroxylation is 1. The Bertz CT molecular complexity index is 627. The van der Waals surface area contributed by atoms with E-state index in [1.165, 1.54) is 0 Å². The predicted octanol–water partition coefficient (Wildman–Crippen LogP) is 1.44. The Morgan fingerprint density at radius 3 is 2.67 bits per heavy atom. The Hall–Kier alpha value is -2.28. The second kappa shape index (κ2) is 6.01. The van der Waals surface area contributed by atoms with Crippen molar-refractivity contribution in [1.29, 1.82) is 0 Å². The Labute approximate surface area is 122 Å². The van der Waals surface area contributed by atoms with Crippen LogP contribution in [0.4, 0.5) is 0 Å². The third kappa shape index (κ3) is 2.92. The predicted molar refractivity (Wildman–Crippen MR) is 73.3 cm³/mol. The van der Waals surface area contributed by atoms with Gasteiger partial charge in [-0.25, -0.2) is 0 Å². The topological polar surface area (TPSA) is 92.6 Å². The summed E-state index contributed by atoms with van der Waals surface area (Å²) in [6.45, 7) is 2.92. The molecular formula is C14H17N3O4. The van der Waals surface area contributed by atoms with E-state index in [9.17, 15) is 0 Å². The monoisotopic (exact) mass is 291 g/mol. The molecule has 0 saturated carbocycles. The van der Waals surface area contributed by atoms with Crippen LogP contribution in [-0.4, -0.2) is 23.5 Å². The van der Waals surface area contributed by atoms with Crippen LogP contribution >= 0.6 is 0 Å². The first-order chi connectivity index (χ1) is 10.3. The van der Waals surface area contributed by atoms with Gasteiger partial charge in [0, 0.05) is 12.5 Å². The maximum absolute atomic E-state index is 5.77. The highest BCUT2D eigenvalue weighted by atomic mass is 16.7. The van der Waals surface area contributed by atoms with E-state index in [4.69, 9.17) is 24.4 Å². The van der Waals surface area contributed by atoms with Crippen LogP contribution in [0.3, 0.4) is 0 Å². The van der Waals surface area contributed by atoms with Crippen molar-refractivity contribution in [3.05, 3.63) is 29.5 Å². The average Bonchev–Trinajstić information content (AvgIpc) is 3.13. The van der Waals surface area contributed by atoms with Gasteiger partial charge in [-0.05, 0) is 24.6 Å². The molecule has 0 spiro atoms. The molecule has 0 aliphatic carbocycles. The molecule has 1 aromatic heterocycles. The van der Waals surface area contributed by atoms with Gasteiger partial charge in [-0.2, -0.15) is 0 Å². The van der Waals surface area contributed by atoms with Crippen LogP contribution < -0.4 is 19.9 Å². The van der Waals surface area contributed by atoms with Crippen molar-refractivity contribution in [2.75, 3.05) is 13.3 Å². The molecule has 112 valence electrons. The molecule has 1 aliphatic rings. The standard InChI is InChI=1S/C14H17N3O4/c1-2-13-16-17-14(21-13)7-18-10-6-12-11(19-8-20-12)5-9(10)3-4-15/h5-6H,2-4,7-8,15H2,1H3.